The number of aromatic nitrogens is 1. The SMILES string of the molecule is CCC(F)C1CC(C)C2Cn3cc(C(=O)NCc4c(F)cc(F)cc4P)c(=O)c(N=O)c3C(=O)N21. The smallest absolute Gasteiger partial charge is 0.273 e. The highest BCUT2D eigenvalue weighted by molar-refractivity contribution is 7.27. The molecule has 5 atom stereocenters. The number of carbonyl (C=O) groups excluding carboxylic acids is 2. The minimum Gasteiger partial charge on any atom is -0.348 e. The quantitative estimate of drug-likeness (QED) is 0.479. The Kier molecular flexibility index (Phi) is 6.81. The van der Waals surface area contributed by atoms with Crippen LogP contribution >= 0.6 is 9.24 Å². The van der Waals surface area contributed by atoms with E-state index in [-0.39, 0.29) is 48.0 Å². The molecular formula is C23H24F3N4O4P. The van der Waals surface area contributed by atoms with Crippen molar-refractivity contribution in [3.8, 4) is 0 Å². The van der Waals surface area contributed by atoms with E-state index < -0.39 is 52.3 Å². The number of alkyl halides is 1. The second kappa shape index (κ2) is 9.53. The maximum absolute atomic E-state index is 14.6. The molecule has 35 heavy (non-hydrogen) atoms. The number of pyridine rings is 1. The number of fused-ring (bicyclic) bond motifs is 2. The topological polar surface area (TPSA) is 101 Å². The predicted octanol–water partition coefficient (Wildman–Crippen LogP) is 2.94. The summed E-state index contributed by atoms with van der Waals surface area (Å²) in [5.74, 6) is -3.29. The highest BCUT2D eigenvalue weighted by Crippen LogP contribution is 2.39. The maximum Gasteiger partial charge on any atom is 0.273 e. The molecule has 0 saturated carbocycles. The van der Waals surface area contributed by atoms with Crippen molar-refractivity contribution in [2.24, 2.45) is 11.1 Å². The lowest BCUT2D eigenvalue weighted by molar-refractivity contribution is 0.0460. The summed E-state index contributed by atoms with van der Waals surface area (Å²) >= 11 is 0. The zero-order valence-corrected chi connectivity index (χ0v) is 20.2. The molecule has 4 rings (SSSR count). The number of nitrogens with zero attached hydrogens (tertiary/aromatic N) is 3. The molecule has 2 aromatic rings. The molecule has 2 amide bonds. The minimum absolute atomic E-state index is 0.00453. The van der Waals surface area contributed by atoms with Crippen molar-refractivity contribution in [1.82, 2.24) is 14.8 Å². The standard InChI is InChI=1S/C23H24F3N4O4P/c1-3-14(25)16-4-10(2)17-9-29-8-13(21(31)19(28-34)20(29)23(33)30(16)17)22(32)27-7-12-15(26)5-11(24)6-18(12)35/h5-6,8,10,14,16-17H,3-4,7,9,35H2,1-2H3,(H,27,32). The van der Waals surface area contributed by atoms with Crippen LogP contribution in [0.3, 0.4) is 0 Å². The Morgan fingerprint density at radius 1 is 1.31 bits per heavy atom. The molecule has 0 bridgehead atoms. The number of hydrogen-bond acceptors (Lipinski definition) is 5. The summed E-state index contributed by atoms with van der Waals surface area (Å²) in [6.07, 6.45) is 0.565. The van der Waals surface area contributed by atoms with Crippen molar-refractivity contribution in [2.75, 3.05) is 0 Å². The Labute approximate surface area is 201 Å². The van der Waals surface area contributed by atoms with Crippen LogP contribution in [0.15, 0.2) is 28.3 Å². The number of nitrogens with one attached hydrogen (secondary N) is 1. The van der Waals surface area contributed by atoms with Gasteiger partial charge in [-0.1, -0.05) is 13.8 Å². The highest BCUT2D eigenvalue weighted by atomic mass is 31.0. The van der Waals surface area contributed by atoms with Crippen LogP contribution in [0.4, 0.5) is 18.9 Å². The van der Waals surface area contributed by atoms with Gasteiger partial charge >= 0.3 is 0 Å². The van der Waals surface area contributed by atoms with Crippen LogP contribution in [0.5, 0.6) is 0 Å². The van der Waals surface area contributed by atoms with Gasteiger partial charge in [0.25, 0.3) is 11.8 Å². The van der Waals surface area contributed by atoms with E-state index in [1.165, 1.54) is 15.7 Å². The molecule has 1 aromatic heterocycles. The Balaban J connectivity index is 1.69. The summed E-state index contributed by atoms with van der Waals surface area (Å²) in [7, 11) is 2.17. The molecule has 1 N–H and O–H groups in total. The first-order chi connectivity index (χ1) is 16.6. The van der Waals surface area contributed by atoms with Gasteiger partial charge in [0.15, 0.2) is 5.69 Å². The molecule has 12 heteroatoms. The molecule has 5 unspecified atom stereocenters. The van der Waals surface area contributed by atoms with Crippen LogP contribution in [0, 0.1) is 22.5 Å². The van der Waals surface area contributed by atoms with Gasteiger partial charge in [-0.15, -0.1) is 14.1 Å². The largest absolute Gasteiger partial charge is 0.348 e. The molecule has 1 aromatic carbocycles. The van der Waals surface area contributed by atoms with Gasteiger partial charge in [-0.05, 0) is 35.3 Å². The van der Waals surface area contributed by atoms with Crippen LogP contribution in [0.25, 0.3) is 0 Å². The molecule has 0 spiro atoms. The Bertz CT molecular complexity index is 1260. The second-order valence-corrected chi connectivity index (χ2v) is 9.56. The van der Waals surface area contributed by atoms with Gasteiger partial charge in [0.05, 0.1) is 12.1 Å². The summed E-state index contributed by atoms with van der Waals surface area (Å²) in [5.41, 5.74) is -2.51. The molecule has 8 nitrogen and oxygen atoms in total. The Morgan fingerprint density at radius 3 is 2.66 bits per heavy atom. The van der Waals surface area contributed by atoms with Crippen molar-refractivity contribution >= 4 is 32.0 Å². The number of halogens is 3. The van der Waals surface area contributed by atoms with E-state index in [9.17, 15) is 32.5 Å². The average molecular weight is 508 g/mol. The number of amides is 2. The van der Waals surface area contributed by atoms with E-state index in [1.54, 1.807) is 6.92 Å². The summed E-state index contributed by atoms with van der Waals surface area (Å²) in [5, 5.41) is 5.33. The predicted molar refractivity (Wildman–Crippen MR) is 126 cm³/mol. The summed E-state index contributed by atoms with van der Waals surface area (Å²) in [6, 6.07) is 0.692. The lowest BCUT2D eigenvalue weighted by atomic mass is 9.98. The van der Waals surface area contributed by atoms with Crippen molar-refractivity contribution in [1.29, 1.82) is 0 Å². The zero-order valence-electron chi connectivity index (χ0n) is 19.1. The Morgan fingerprint density at radius 2 is 2.03 bits per heavy atom. The normalized spacial score (nSPS) is 21.9. The fraction of sp³-hybridized carbons (Fsp3) is 0.435. The van der Waals surface area contributed by atoms with E-state index in [0.29, 0.717) is 12.5 Å². The van der Waals surface area contributed by atoms with E-state index in [4.69, 9.17) is 0 Å². The van der Waals surface area contributed by atoms with Gasteiger partial charge in [0.2, 0.25) is 5.43 Å². The van der Waals surface area contributed by atoms with E-state index >= 15 is 0 Å². The third-order valence-electron chi connectivity index (χ3n) is 6.83. The fourth-order valence-electron chi connectivity index (χ4n) is 5.00. The molecule has 1 fully saturated rings. The lowest BCUT2D eigenvalue weighted by Crippen LogP contribution is -2.52. The number of carbonyl (C=O) groups is 2. The van der Waals surface area contributed by atoms with Gasteiger partial charge in [-0.3, -0.25) is 14.4 Å². The first kappa shape index (κ1) is 25.0. The van der Waals surface area contributed by atoms with E-state index in [0.717, 1.165) is 6.07 Å². The van der Waals surface area contributed by atoms with Crippen molar-refractivity contribution in [3.63, 3.8) is 0 Å². The molecule has 1 saturated heterocycles. The van der Waals surface area contributed by atoms with Crippen LogP contribution in [0.2, 0.25) is 0 Å². The lowest BCUT2D eigenvalue weighted by Gasteiger charge is -2.38. The first-order valence-electron chi connectivity index (χ1n) is 11.2. The van der Waals surface area contributed by atoms with Gasteiger partial charge in [-0.2, -0.15) is 0 Å². The van der Waals surface area contributed by atoms with Crippen LogP contribution < -0.4 is 16.1 Å². The number of nitroso groups, excluding NO2 is 1. The van der Waals surface area contributed by atoms with Crippen molar-refractivity contribution < 1.29 is 22.8 Å². The molecule has 186 valence electrons. The van der Waals surface area contributed by atoms with Crippen molar-refractivity contribution in [3.05, 3.63) is 61.9 Å². The maximum atomic E-state index is 14.6. The minimum atomic E-state index is -1.25. The van der Waals surface area contributed by atoms with E-state index in [2.05, 4.69) is 19.7 Å². The molecule has 0 radical (unpaired) electrons. The van der Waals surface area contributed by atoms with Crippen LogP contribution in [0.1, 0.15) is 53.1 Å². The second-order valence-electron chi connectivity index (χ2n) is 8.94. The third-order valence-corrected chi connectivity index (χ3v) is 7.34. The molecule has 0 aliphatic carbocycles. The monoisotopic (exact) mass is 508 g/mol. The molecule has 2 aliphatic heterocycles. The Hall–Kier alpha value is -3.07. The highest BCUT2D eigenvalue weighted by Gasteiger charge is 2.49. The summed E-state index contributed by atoms with van der Waals surface area (Å²) in [4.78, 5) is 52.1. The van der Waals surface area contributed by atoms with Crippen LogP contribution in [-0.2, 0) is 13.1 Å². The van der Waals surface area contributed by atoms with Gasteiger partial charge in [0, 0.05) is 30.9 Å². The van der Waals surface area contributed by atoms with Gasteiger partial charge in [0.1, 0.15) is 29.1 Å². The van der Waals surface area contributed by atoms with Crippen LogP contribution in [-0.4, -0.2) is 39.5 Å². The number of rotatable bonds is 6. The molecule has 2 aliphatic rings. The number of hydrogen-bond donors (Lipinski definition) is 1. The fourth-order valence-corrected chi connectivity index (χ4v) is 5.40. The van der Waals surface area contributed by atoms with Gasteiger partial charge in [-0.25, -0.2) is 13.2 Å². The first-order valence-corrected chi connectivity index (χ1v) is 11.8. The summed E-state index contributed by atoms with van der Waals surface area (Å²) in [6.45, 7) is 3.38. The molecule has 3 heterocycles. The van der Waals surface area contributed by atoms with Gasteiger partial charge < -0.3 is 14.8 Å². The number of benzene rings is 1. The zero-order chi connectivity index (χ0) is 25.6. The molecular weight excluding hydrogens is 484 g/mol. The summed E-state index contributed by atoms with van der Waals surface area (Å²) < 4.78 is 43.4. The van der Waals surface area contributed by atoms with Crippen molar-refractivity contribution in [2.45, 2.75) is 58.0 Å². The van der Waals surface area contributed by atoms with E-state index in [1.807, 2.05) is 6.92 Å². The average Bonchev–Trinajstić information content (AvgIpc) is 3.14. The third kappa shape index (κ3) is 4.26.